The Kier molecular flexibility index (Phi) is 5.46. The van der Waals surface area contributed by atoms with Crippen LogP contribution in [-0.4, -0.2) is 49.7 Å². The molecule has 0 aliphatic carbocycles. The second-order valence-electron chi connectivity index (χ2n) is 7.75. The molecule has 2 aromatic rings. The van der Waals surface area contributed by atoms with Gasteiger partial charge in [0.1, 0.15) is 11.6 Å². The van der Waals surface area contributed by atoms with E-state index in [1.807, 2.05) is 11.8 Å². The van der Waals surface area contributed by atoms with E-state index in [9.17, 15) is 13.2 Å². The molecule has 2 aliphatic heterocycles. The molecule has 0 bridgehead atoms. The van der Waals surface area contributed by atoms with Crippen molar-refractivity contribution >= 4 is 21.8 Å². The lowest BCUT2D eigenvalue weighted by Gasteiger charge is -2.33. The van der Waals surface area contributed by atoms with Crippen molar-refractivity contribution in [3.63, 3.8) is 0 Å². The number of pyridine rings is 1. The van der Waals surface area contributed by atoms with Crippen LogP contribution in [0.3, 0.4) is 0 Å². The lowest BCUT2D eigenvalue weighted by atomic mass is 9.97. The number of carbonyl (C=O) groups excluding carboxylic acids is 1. The van der Waals surface area contributed by atoms with Crippen molar-refractivity contribution in [2.75, 3.05) is 19.7 Å². The SMILES string of the molecule is Cc1cnccc1C(=O)N1CCC[C@H](COc2cccc3c2C(N)=NS(=O)(=O)C3)C1. The van der Waals surface area contributed by atoms with Crippen molar-refractivity contribution in [1.29, 1.82) is 0 Å². The molecule has 9 heteroatoms. The van der Waals surface area contributed by atoms with Crippen LogP contribution < -0.4 is 10.5 Å². The van der Waals surface area contributed by atoms with Gasteiger partial charge in [0.15, 0.2) is 0 Å². The zero-order valence-corrected chi connectivity index (χ0v) is 17.6. The Balaban J connectivity index is 1.45. The molecule has 1 saturated heterocycles. The number of sulfonamides is 1. The maximum Gasteiger partial charge on any atom is 0.259 e. The molecule has 30 heavy (non-hydrogen) atoms. The molecule has 0 saturated carbocycles. The average molecular weight is 429 g/mol. The zero-order chi connectivity index (χ0) is 21.3. The molecule has 1 amide bonds. The molecule has 1 atom stereocenters. The summed E-state index contributed by atoms with van der Waals surface area (Å²) >= 11 is 0. The summed E-state index contributed by atoms with van der Waals surface area (Å²) < 4.78 is 33.3. The summed E-state index contributed by atoms with van der Waals surface area (Å²) in [5.74, 6) is 0.485. The summed E-state index contributed by atoms with van der Waals surface area (Å²) in [6, 6.07) is 7.00. The number of fused-ring (bicyclic) bond motifs is 1. The fourth-order valence-electron chi connectivity index (χ4n) is 4.01. The topological polar surface area (TPSA) is 115 Å². The number of rotatable bonds is 4. The van der Waals surface area contributed by atoms with Gasteiger partial charge in [0.05, 0.1) is 17.9 Å². The first-order valence-corrected chi connectivity index (χ1v) is 11.5. The molecule has 2 N–H and O–H groups in total. The predicted molar refractivity (Wildman–Crippen MR) is 113 cm³/mol. The van der Waals surface area contributed by atoms with E-state index >= 15 is 0 Å². The number of ether oxygens (including phenoxy) is 1. The van der Waals surface area contributed by atoms with Crippen LogP contribution in [0.2, 0.25) is 0 Å². The molecule has 158 valence electrons. The number of amides is 1. The van der Waals surface area contributed by atoms with Gasteiger partial charge in [0.2, 0.25) is 0 Å². The normalized spacial score (nSPS) is 20.2. The number of amidine groups is 1. The number of likely N-dealkylation sites (tertiary alicyclic amines) is 1. The van der Waals surface area contributed by atoms with Crippen LogP contribution >= 0.6 is 0 Å². The first-order valence-electron chi connectivity index (χ1n) is 9.87. The van der Waals surface area contributed by atoms with Gasteiger partial charge < -0.3 is 15.4 Å². The molecule has 8 nitrogen and oxygen atoms in total. The largest absolute Gasteiger partial charge is 0.492 e. The van der Waals surface area contributed by atoms with Crippen LogP contribution in [0.1, 0.15) is 39.9 Å². The van der Waals surface area contributed by atoms with Crippen LogP contribution in [0.25, 0.3) is 0 Å². The van der Waals surface area contributed by atoms with E-state index in [4.69, 9.17) is 10.5 Å². The van der Waals surface area contributed by atoms with E-state index in [0.29, 0.717) is 35.6 Å². The molecule has 1 fully saturated rings. The van der Waals surface area contributed by atoms with E-state index in [0.717, 1.165) is 24.9 Å². The van der Waals surface area contributed by atoms with Crippen molar-refractivity contribution in [3.8, 4) is 5.75 Å². The van der Waals surface area contributed by atoms with Crippen LogP contribution in [0.5, 0.6) is 5.75 Å². The maximum atomic E-state index is 12.9. The van der Waals surface area contributed by atoms with Crippen LogP contribution in [-0.2, 0) is 15.8 Å². The molecule has 0 radical (unpaired) electrons. The fraction of sp³-hybridized carbons (Fsp3) is 0.381. The van der Waals surface area contributed by atoms with Gasteiger partial charge in [-0.3, -0.25) is 9.78 Å². The number of nitrogens with zero attached hydrogens (tertiary/aromatic N) is 3. The number of piperidine rings is 1. The van der Waals surface area contributed by atoms with E-state index in [2.05, 4.69) is 9.38 Å². The van der Waals surface area contributed by atoms with E-state index in [1.54, 1.807) is 36.7 Å². The minimum Gasteiger partial charge on any atom is -0.492 e. The molecule has 1 aromatic heterocycles. The summed E-state index contributed by atoms with van der Waals surface area (Å²) in [5, 5.41) is 0. The van der Waals surface area contributed by atoms with Crippen LogP contribution in [0.15, 0.2) is 41.1 Å². The van der Waals surface area contributed by atoms with E-state index in [-0.39, 0.29) is 23.4 Å². The van der Waals surface area contributed by atoms with Crippen LogP contribution in [0, 0.1) is 12.8 Å². The van der Waals surface area contributed by atoms with Gasteiger partial charge in [-0.25, -0.2) is 8.42 Å². The Morgan fingerprint density at radius 2 is 2.17 bits per heavy atom. The van der Waals surface area contributed by atoms with Gasteiger partial charge in [-0.1, -0.05) is 12.1 Å². The highest BCUT2D eigenvalue weighted by atomic mass is 32.2. The third-order valence-corrected chi connectivity index (χ3v) is 6.63. The second kappa shape index (κ2) is 8.06. The third kappa shape index (κ3) is 4.16. The molecule has 0 spiro atoms. The van der Waals surface area contributed by atoms with Crippen molar-refractivity contribution in [3.05, 3.63) is 58.9 Å². The highest BCUT2D eigenvalue weighted by Crippen LogP contribution is 2.29. The number of aryl methyl sites for hydroxylation is 1. The van der Waals surface area contributed by atoms with Crippen molar-refractivity contribution in [2.24, 2.45) is 16.0 Å². The van der Waals surface area contributed by atoms with Crippen molar-refractivity contribution in [2.45, 2.75) is 25.5 Å². The molecule has 2 aliphatic rings. The summed E-state index contributed by atoms with van der Waals surface area (Å²) in [5.41, 5.74) is 8.58. The lowest BCUT2D eigenvalue weighted by Crippen LogP contribution is -2.41. The first kappa shape index (κ1) is 20.3. The standard InChI is InChI=1S/C21H24N4O4S/c1-14-10-23-8-7-17(14)21(26)25-9-3-4-15(11-25)12-29-18-6-2-5-16-13-30(27,28)24-20(22)19(16)18/h2,5-8,10,15H,3-4,9,11-13H2,1H3,(H2,22,24)/t15-/m0/s1. The number of aromatic nitrogens is 1. The third-order valence-electron chi connectivity index (χ3n) is 5.48. The fourth-order valence-corrected chi connectivity index (χ4v) is 5.10. The van der Waals surface area contributed by atoms with Gasteiger partial charge >= 0.3 is 0 Å². The number of hydrogen-bond acceptors (Lipinski definition) is 6. The highest BCUT2D eigenvalue weighted by molar-refractivity contribution is 7.89. The summed E-state index contributed by atoms with van der Waals surface area (Å²) in [7, 11) is -3.59. The Morgan fingerprint density at radius 1 is 1.33 bits per heavy atom. The van der Waals surface area contributed by atoms with Crippen LogP contribution in [0.4, 0.5) is 0 Å². The molecular weight excluding hydrogens is 404 g/mol. The van der Waals surface area contributed by atoms with Gasteiger partial charge in [0.25, 0.3) is 15.9 Å². The predicted octanol–water partition coefficient (Wildman–Crippen LogP) is 1.87. The number of nitrogens with two attached hydrogens (primary N) is 1. The van der Waals surface area contributed by atoms with Crippen molar-refractivity contribution < 1.29 is 17.9 Å². The first-order chi connectivity index (χ1) is 14.3. The molecular formula is C21H24N4O4S. The van der Waals surface area contributed by atoms with E-state index in [1.165, 1.54) is 0 Å². The van der Waals surface area contributed by atoms with Gasteiger partial charge in [0, 0.05) is 37.0 Å². The summed E-state index contributed by atoms with van der Waals surface area (Å²) in [6.07, 6.45) is 5.18. The molecule has 1 aromatic carbocycles. The lowest BCUT2D eigenvalue weighted by molar-refractivity contribution is 0.0632. The Hall–Kier alpha value is -2.94. The van der Waals surface area contributed by atoms with E-state index < -0.39 is 10.0 Å². The van der Waals surface area contributed by atoms with Gasteiger partial charge in [-0.05, 0) is 43.0 Å². The Labute approximate surface area is 175 Å². The molecule has 0 unspecified atom stereocenters. The number of hydrogen-bond donors (Lipinski definition) is 1. The van der Waals surface area contributed by atoms with Gasteiger partial charge in [-0.15, -0.1) is 4.40 Å². The smallest absolute Gasteiger partial charge is 0.259 e. The Bertz CT molecular complexity index is 1110. The summed E-state index contributed by atoms with van der Waals surface area (Å²) in [6.45, 7) is 3.62. The highest BCUT2D eigenvalue weighted by Gasteiger charge is 2.28. The Morgan fingerprint density at radius 3 is 2.97 bits per heavy atom. The second-order valence-corrected chi connectivity index (χ2v) is 9.39. The minimum absolute atomic E-state index is 0.0123. The van der Waals surface area contributed by atoms with Crippen molar-refractivity contribution in [1.82, 2.24) is 9.88 Å². The van der Waals surface area contributed by atoms with Gasteiger partial charge in [-0.2, -0.15) is 0 Å². The molecule has 3 heterocycles. The quantitative estimate of drug-likeness (QED) is 0.795. The minimum atomic E-state index is -3.59. The number of carbonyl (C=O) groups is 1. The average Bonchev–Trinajstić information content (AvgIpc) is 2.71. The monoisotopic (exact) mass is 428 g/mol. The maximum absolute atomic E-state index is 12.9. The zero-order valence-electron chi connectivity index (χ0n) is 16.7. The number of benzene rings is 1. The summed E-state index contributed by atoms with van der Waals surface area (Å²) in [4.78, 5) is 18.8. The molecule has 4 rings (SSSR count).